The number of hydrogen-bond donors (Lipinski definition) is 2. The van der Waals surface area contributed by atoms with Gasteiger partial charge in [-0.1, -0.05) is 11.6 Å². The van der Waals surface area contributed by atoms with Crippen molar-refractivity contribution in [3.63, 3.8) is 0 Å². The van der Waals surface area contributed by atoms with Gasteiger partial charge in [0.2, 0.25) is 0 Å². The highest BCUT2D eigenvalue weighted by Crippen LogP contribution is 2.22. The summed E-state index contributed by atoms with van der Waals surface area (Å²) in [7, 11) is 0. The van der Waals surface area contributed by atoms with E-state index < -0.39 is 0 Å². The van der Waals surface area contributed by atoms with Gasteiger partial charge in [0.1, 0.15) is 6.10 Å². The third-order valence-electron chi connectivity index (χ3n) is 3.37. The zero-order chi connectivity index (χ0) is 16.2. The first-order valence-electron chi connectivity index (χ1n) is 7.55. The second kappa shape index (κ2) is 7.13. The minimum Gasteiger partial charge on any atom is -0.460 e. The molecule has 1 saturated carbocycles. The highest BCUT2D eigenvalue weighted by Gasteiger charge is 2.25. The Hall–Kier alpha value is -1.56. The van der Waals surface area contributed by atoms with Gasteiger partial charge in [0.05, 0.1) is 17.4 Å². The Bertz CT molecular complexity index is 493. The minimum atomic E-state index is -0.226. The van der Waals surface area contributed by atoms with Gasteiger partial charge in [-0.15, -0.1) is 0 Å². The van der Waals surface area contributed by atoms with Crippen LogP contribution in [0.15, 0.2) is 12.4 Å². The summed E-state index contributed by atoms with van der Waals surface area (Å²) in [6.07, 6.45) is 6.64. The van der Waals surface area contributed by atoms with E-state index in [9.17, 15) is 4.79 Å². The zero-order valence-corrected chi connectivity index (χ0v) is 14.0. The number of aromatic nitrogens is 2. The van der Waals surface area contributed by atoms with E-state index >= 15 is 0 Å². The molecule has 1 aliphatic carbocycles. The molecule has 2 N–H and O–H groups in total. The van der Waals surface area contributed by atoms with Crippen molar-refractivity contribution in [2.75, 3.05) is 0 Å². The van der Waals surface area contributed by atoms with Crippen molar-refractivity contribution in [3.8, 4) is 6.01 Å². The Morgan fingerprint density at radius 2 is 1.82 bits per heavy atom. The van der Waals surface area contributed by atoms with Crippen molar-refractivity contribution < 1.29 is 9.53 Å². The Kier molecular flexibility index (Phi) is 5.45. The smallest absolute Gasteiger partial charge is 0.316 e. The molecule has 0 aromatic carbocycles. The van der Waals surface area contributed by atoms with E-state index in [-0.39, 0.29) is 23.7 Å². The fraction of sp³-hybridized carbons (Fsp3) is 0.667. The summed E-state index contributed by atoms with van der Waals surface area (Å²) in [5.41, 5.74) is -0.226. The van der Waals surface area contributed by atoms with Crippen LogP contribution in [-0.2, 0) is 0 Å². The van der Waals surface area contributed by atoms with Crippen LogP contribution in [0.5, 0.6) is 6.01 Å². The van der Waals surface area contributed by atoms with Crippen molar-refractivity contribution in [1.29, 1.82) is 0 Å². The molecule has 6 nitrogen and oxygen atoms in total. The van der Waals surface area contributed by atoms with E-state index in [1.165, 1.54) is 12.4 Å². The van der Waals surface area contributed by atoms with Crippen molar-refractivity contribution in [2.45, 2.75) is 64.1 Å². The predicted octanol–water partition coefficient (Wildman–Crippen LogP) is 2.92. The van der Waals surface area contributed by atoms with Crippen LogP contribution in [0.4, 0.5) is 4.79 Å². The highest BCUT2D eigenvalue weighted by molar-refractivity contribution is 6.30. The van der Waals surface area contributed by atoms with Crippen LogP contribution in [0, 0.1) is 0 Å². The van der Waals surface area contributed by atoms with Crippen molar-refractivity contribution in [1.82, 2.24) is 20.6 Å². The first-order chi connectivity index (χ1) is 10.3. The summed E-state index contributed by atoms with van der Waals surface area (Å²) < 4.78 is 5.73. The molecule has 2 rings (SSSR count). The Labute approximate surface area is 136 Å². The quantitative estimate of drug-likeness (QED) is 0.895. The van der Waals surface area contributed by atoms with E-state index in [0.717, 1.165) is 25.7 Å². The largest absolute Gasteiger partial charge is 0.460 e. The number of hydrogen-bond acceptors (Lipinski definition) is 4. The summed E-state index contributed by atoms with van der Waals surface area (Å²) >= 11 is 5.74. The second-order valence-corrected chi connectivity index (χ2v) is 7.06. The third kappa shape index (κ3) is 5.67. The molecular formula is C15H23ClN4O2. The van der Waals surface area contributed by atoms with Crippen molar-refractivity contribution in [3.05, 3.63) is 17.4 Å². The standard InChI is InChI=1S/C15H23ClN4O2/c1-15(2,3)20-13(21)19-11-4-6-12(7-5-11)22-14-17-8-10(16)9-18-14/h8-9,11-12H,4-7H2,1-3H3,(H2,19,20,21). The number of carbonyl (C=O) groups excluding carboxylic acids is 1. The van der Waals surface area contributed by atoms with E-state index in [1.54, 1.807) is 0 Å². The summed E-state index contributed by atoms with van der Waals surface area (Å²) in [6.45, 7) is 5.89. The Balaban J connectivity index is 1.73. The molecule has 0 bridgehead atoms. The first-order valence-corrected chi connectivity index (χ1v) is 7.92. The topological polar surface area (TPSA) is 76.1 Å². The maximum atomic E-state index is 11.8. The zero-order valence-electron chi connectivity index (χ0n) is 13.2. The average molecular weight is 327 g/mol. The van der Waals surface area contributed by atoms with E-state index in [1.807, 2.05) is 20.8 Å². The third-order valence-corrected chi connectivity index (χ3v) is 3.56. The van der Waals surface area contributed by atoms with Gasteiger partial charge < -0.3 is 15.4 Å². The van der Waals surface area contributed by atoms with E-state index in [4.69, 9.17) is 16.3 Å². The number of urea groups is 1. The maximum Gasteiger partial charge on any atom is 0.316 e. The summed E-state index contributed by atoms with van der Waals surface area (Å²) in [5, 5.41) is 6.41. The summed E-state index contributed by atoms with van der Waals surface area (Å²) in [6, 6.07) is 0.428. The molecule has 1 aromatic rings. The number of nitrogens with zero attached hydrogens (tertiary/aromatic N) is 2. The number of carbonyl (C=O) groups is 1. The fourth-order valence-electron chi connectivity index (χ4n) is 2.40. The van der Waals surface area contributed by atoms with E-state index in [2.05, 4.69) is 20.6 Å². The van der Waals surface area contributed by atoms with Crippen LogP contribution in [0.25, 0.3) is 0 Å². The number of amides is 2. The molecule has 1 heterocycles. The molecule has 1 aromatic heterocycles. The van der Waals surface area contributed by atoms with Gasteiger partial charge in [0.15, 0.2) is 0 Å². The highest BCUT2D eigenvalue weighted by atomic mass is 35.5. The number of nitrogens with one attached hydrogen (secondary N) is 2. The number of ether oxygens (including phenoxy) is 1. The van der Waals surface area contributed by atoms with Crippen LogP contribution in [0.3, 0.4) is 0 Å². The fourth-order valence-corrected chi connectivity index (χ4v) is 2.50. The summed E-state index contributed by atoms with van der Waals surface area (Å²) in [5.74, 6) is 0. The lowest BCUT2D eigenvalue weighted by Crippen LogP contribution is -2.50. The molecule has 0 unspecified atom stereocenters. The van der Waals surface area contributed by atoms with E-state index in [0.29, 0.717) is 11.0 Å². The van der Waals surface area contributed by atoms with Gasteiger partial charge in [-0.25, -0.2) is 14.8 Å². The monoisotopic (exact) mass is 326 g/mol. The number of halogens is 1. The van der Waals surface area contributed by atoms with Crippen LogP contribution in [-0.4, -0.2) is 33.7 Å². The van der Waals surface area contributed by atoms with Crippen LogP contribution in [0.2, 0.25) is 5.02 Å². The molecule has 0 aliphatic heterocycles. The molecule has 7 heteroatoms. The molecule has 0 radical (unpaired) electrons. The van der Waals surface area contributed by atoms with Gasteiger partial charge in [-0.05, 0) is 46.5 Å². The lowest BCUT2D eigenvalue weighted by atomic mass is 9.93. The van der Waals surface area contributed by atoms with Gasteiger partial charge in [0.25, 0.3) is 0 Å². The second-order valence-electron chi connectivity index (χ2n) is 6.62. The molecule has 1 fully saturated rings. The van der Waals surface area contributed by atoms with Crippen LogP contribution in [0.1, 0.15) is 46.5 Å². The van der Waals surface area contributed by atoms with Gasteiger partial charge in [-0.2, -0.15) is 0 Å². The Morgan fingerprint density at radius 3 is 2.36 bits per heavy atom. The molecule has 2 amide bonds. The van der Waals surface area contributed by atoms with Crippen LogP contribution < -0.4 is 15.4 Å². The van der Waals surface area contributed by atoms with Crippen LogP contribution >= 0.6 is 11.6 Å². The minimum absolute atomic E-state index is 0.0879. The average Bonchev–Trinajstić information content (AvgIpc) is 2.41. The molecule has 0 saturated heterocycles. The summed E-state index contributed by atoms with van der Waals surface area (Å²) in [4.78, 5) is 19.9. The molecule has 0 atom stereocenters. The molecular weight excluding hydrogens is 304 g/mol. The molecule has 0 spiro atoms. The van der Waals surface area contributed by atoms with Gasteiger partial charge in [-0.3, -0.25) is 0 Å². The van der Waals surface area contributed by atoms with Crippen molar-refractivity contribution in [2.24, 2.45) is 0 Å². The van der Waals surface area contributed by atoms with Gasteiger partial charge in [0, 0.05) is 11.6 Å². The maximum absolute atomic E-state index is 11.8. The van der Waals surface area contributed by atoms with Crippen molar-refractivity contribution >= 4 is 17.6 Å². The molecule has 1 aliphatic rings. The lowest BCUT2D eigenvalue weighted by molar-refractivity contribution is 0.128. The predicted molar refractivity (Wildman–Crippen MR) is 85.1 cm³/mol. The van der Waals surface area contributed by atoms with Gasteiger partial charge >= 0.3 is 12.0 Å². The SMILES string of the molecule is CC(C)(C)NC(=O)NC1CCC(Oc2ncc(Cl)cn2)CC1. The lowest BCUT2D eigenvalue weighted by Gasteiger charge is -2.30. The molecule has 122 valence electrons. The first kappa shape index (κ1) is 16.8. The normalized spacial score (nSPS) is 22.0. The number of rotatable bonds is 3. The Morgan fingerprint density at radius 1 is 1.23 bits per heavy atom. The molecule has 22 heavy (non-hydrogen) atoms.